The summed E-state index contributed by atoms with van der Waals surface area (Å²) in [5.41, 5.74) is 5.02. The second-order valence-electron chi connectivity index (χ2n) is 4.64. The second kappa shape index (κ2) is 8.79. The van der Waals surface area contributed by atoms with Gasteiger partial charge in [-0.3, -0.25) is 5.43 Å². The predicted octanol–water partition coefficient (Wildman–Crippen LogP) is 2.74. The molecule has 0 aliphatic rings. The lowest BCUT2D eigenvalue weighted by atomic mass is 10.1. The van der Waals surface area contributed by atoms with Gasteiger partial charge in [-0.2, -0.15) is 5.10 Å². The molecular formula is C17H19N3OS. The maximum Gasteiger partial charge on any atom is 0.186 e. The Morgan fingerprint density at radius 3 is 2.77 bits per heavy atom. The fraction of sp³-hybridized carbons (Fsp3) is 0.176. The summed E-state index contributed by atoms with van der Waals surface area (Å²) in [6, 6.07) is 17.9. The van der Waals surface area contributed by atoms with Crippen molar-refractivity contribution in [2.24, 2.45) is 5.10 Å². The highest BCUT2D eigenvalue weighted by atomic mass is 32.1. The minimum Gasteiger partial charge on any atom is -0.497 e. The van der Waals surface area contributed by atoms with Crippen molar-refractivity contribution in [2.45, 2.75) is 6.42 Å². The van der Waals surface area contributed by atoms with E-state index in [0.29, 0.717) is 5.11 Å². The van der Waals surface area contributed by atoms with E-state index in [2.05, 4.69) is 28.0 Å². The number of hydrazone groups is 1. The molecule has 22 heavy (non-hydrogen) atoms. The Hall–Kier alpha value is -2.40. The van der Waals surface area contributed by atoms with Gasteiger partial charge in [-0.1, -0.05) is 42.5 Å². The third-order valence-corrected chi connectivity index (χ3v) is 3.25. The number of hydrogen-bond acceptors (Lipinski definition) is 3. The van der Waals surface area contributed by atoms with E-state index in [9.17, 15) is 0 Å². The van der Waals surface area contributed by atoms with Crippen molar-refractivity contribution in [1.82, 2.24) is 10.7 Å². The second-order valence-corrected chi connectivity index (χ2v) is 5.05. The van der Waals surface area contributed by atoms with E-state index < -0.39 is 0 Å². The maximum absolute atomic E-state index is 5.17. The monoisotopic (exact) mass is 313 g/mol. The van der Waals surface area contributed by atoms with Crippen LogP contribution in [-0.2, 0) is 6.42 Å². The van der Waals surface area contributed by atoms with Crippen LogP contribution in [0.5, 0.6) is 5.75 Å². The van der Waals surface area contributed by atoms with Crippen LogP contribution in [0, 0.1) is 0 Å². The van der Waals surface area contributed by atoms with Crippen molar-refractivity contribution < 1.29 is 4.74 Å². The molecule has 0 fully saturated rings. The number of thiocarbonyl (C=S) groups is 1. The average molecular weight is 313 g/mol. The molecule has 0 bridgehead atoms. The molecule has 0 saturated carbocycles. The van der Waals surface area contributed by atoms with E-state index in [1.54, 1.807) is 13.3 Å². The van der Waals surface area contributed by atoms with Crippen molar-refractivity contribution in [2.75, 3.05) is 13.7 Å². The number of ether oxygens (including phenoxy) is 1. The average Bonchev–Trinajstić information content (AvgIpc) is 2.56. The largest absolute Gasteiger partial charge is 0.497 e. The van der Waals surface area contributed by atoms with Crippen LogP contribution in [0.3, 0.4) is 0 Å². The van der Waals surface area contributed by atoms with E-state index in [1.165, 1.54) is 5.56 Å². The van der Waals surface area contributed by atoms with Gasteiger partial charge in [0, 0.05) is 6.54 Å². The number of rotatable bonds is 6. The van der Waals surface area contributed by atoms with Gasteiger partial charge >= 0.3 is 0 Å². The molecule has 5 heteroatoms. The molecule has 0 aliphatic heterocycles. The van der Waals surface area contributed by atoms with Crippen LogP contribution >= 0.6 is 12.2 Å². The molecule has 0 spiro atoms. The van der Waals surface area contributed by atoms with Crippen LogP contribution in [0.25, 0.3) is 0 Å². The van der Waals surface area contributed by atoms with Gasteiger partial charge in [-0.25, -0.2) is 0 Å². The van der Waals surface area contributed by atoms with Crippen molar-refractivity contribution >= 4 is 23.5 Å². The van der Waals surface area contributed by atoms with Crippen LogP contribution in [0.4, 0.5) is 0 Å². The molecular weight excluding hydrogens is 294 g/mol. The molecule has 2 N–H and O–H groups in total. The van der Waals surface area contributed by atoms with Gasteiger partial charge in [0.25, 0.3) is 0 Å². The standard InChI is InChI=1S/C17H19N3OS/c1-21-16-9-5-8-15(12-16)13-19-20-17(22)18-11-10-14-6-3-2-4-7-14/h2-9,12-13H,10-11H2,1H3,(H2,18,20,22). The van der Waals surface area contributed by atoms with Gasteiger partial charge in [-0.05, 0) is 41.9 Å². The summed E-state index contributed by atoms with van der Waals surface area (Å²) in [7, 11) is 1.64. The van der Waals surface area contributed by atoms with Crippen molar-refractivity contribution in [1.29, 1.82) is 0 Å². The first-order valence-electron chi connectivity index (χ1n) is 7.03. The summed E-state index contributed by atoms with van der Waals surface area (Å²) in [6.07, 6.45) is 2.62. The van der Waals surface area contributed by atoms with Gasteiger partial charge in [0.05, 0.1) is 13.3 Å². The third kappa shape index (κ3) is 5.54. The van der Waals surface area contributed by atoms with Crippen molar-refractivity contribution in [3.05, 3.63) is 65.7 Å². The lowest BCUT2D eigenvalue weighted by molar-refractivity contribution is 0.415. The van der Waals surface area contributed by atoms with E-state index in [0.717, 1.165) is 24.3 Å². The Morgan fingerprint density at radius 1 is 1.18 bits per heavy atom. The molecule has 0 atom stereocenters. The number of nitrogens with zero attached hydrogens (tertiary/aromatic N) is 1. The Bertz CT molecular complexity index is 629. The summed E-state index contributed by atoms with van der Waals surface area (Å²) >= 11 is 5.17. The number of benzene rings is 2. The fourth-order valence-electron chi connectivity index (χ4n) is 1.89. The predicted molar refractivity (Wildman–Crippen MR) is 94.5 cm³/mol. The molecule has 0 aliphatic carbocycles. The lowest BCUT2D eigenvalue weighted by Crippen LogP contribution is -2.33. The van der Waals surface area contributed by atoms with Crippen molar-refractivity contribution in [3.63, 3.8) is 0 Å². The highest BCUT2D eigenvalue weighted by Gasteiger charge is 1.95. The summed E-state index contributed by atoms with van der Waals surface area (Å²) < 4.78 is 5.16. The molecule has 2 aromatic carbocycles. The van der Waals surface area contributed by atoms with Crippen LogP contribution in [0.15, 0.2) is 59.7 Å². The highest BCUT2D eigenvalue weighted by molar-refractivity contribution is 7.80. The van der Waals surface area contributed by atoms with Crippen LogP contribution < -0.4 is 15.5 Å². The summed E-state index contributed by atoms with van der Waals surface area (Å²) in [4.78, 5) is 0. The minimum atomic E-state index is 0.509. The van der Waals surface area contributed by atoms with E-state index in [1.807, 2.05) is 42.5 Å². The van der Waals surface area contributed by atoms with E-state index in [-0.39, 0.29) is 0 Å². The number of nitrogens with one attached hydrogen (secondary N) is 2. The molecule has 0 radical (unpaired) electrons. The highest BCUT2D eigenvalue weighted by Crippen LogP contribution is 2.10. The SMILES string of the molecule is COc1cccc(C=NNC(=S)NCCc2ccccc2)c1. The van der Waals surface area contributed by atoms with Gasteiger partial charge in [0.1, 0.15) is 5.75 Å². The van der Waals surface area contributed by atoms with Gasteiger partial charge < -0.3 is 10.1 Å². The zero-order valence-electron chi connectivity index (χ0n) is 12.5. The Morgan fingerprint density at radius 2 is 2.00 bits per heavy atom. The molecule has 0 heterocycles. The zero-order valence-corrected chi connectivity index (χ0v) is 13.3. The smallest absolute Gasteiger partial charge is 0.186 e. The van der Waals surface area contributed by atoms with Crippen molar-refractivity contribution in [3.8, 4) is 5.75 Å². The van der Waals surface area contributed by atoms with E-state index >= 15 is 0 Å². The van der Waals surface area contributed by atoms with Crippen LogP contribution in [0.1, 0.15) is 11.1 Å². The number of methoxy groups -OCH3 is 1. The summed E-state index contributed by atoms with van der Waals surface area (Å²) in [6.45, 7) is 0.768. The molecule has 114 valence electrons. The molecule has 2 rings (SSSR count). The lowest BCUT2D eigenvalue weighted by Gasteiger charge is -2.07. The molecule has 0 saturated heterocycles. The van der Waals surface area contributed by atoms with Crippen LogP contribution in [-0.4, -0.2) is 25.0 Å². The van der Waals surface area contributed by atoms with Crippen LogP contribution in [0.2, 0.25) is 0 Å². The van der Waals surface area contributed by atoms with Gasteiger partial charge in [-0.15, -0.1) is 0 Å². The molecule has 4 nitrogen and oxygen atoms in total. The van der Waals surface area contributed by atoms with Gasteiger partial charge in [0.2, 0.25) is 0 Å². The first kappa shape index (κ1) is 16.0. The maximum atomic E-state index is 5.17. The third-order valence-electron chi connectivity index (χ3n) is 3.02. The first-order chi connectivity index (χ1) is 10.8. The number of hydrogen-bond donors (Lipinski definition) is 2. The molecule has 0 aromatic heterocycles. The molecule has 0 unspecified atom stereocenters. The summed E-state index contributed by atoms with van der Waals surface area (Å²) in [5.74, 6) is 0.799. The van der Waals surface area contributed by atoms with Gasteiger partial charge in [0.15, 0.2) is 5.11 Å². The molecule has 2 aromatic rings. The Labute approximate surface area is 136 Å². The topological polar surface area (TPSA) is 45.6 Å². The Kier molecular flexibility index (Phi) is 6.39. The quantitative estimate of drug-likeness (QED) is 0.489. The molecule has 0 amide bonds. The fourth-order valence-corrected chi connectivity index (χ4v) is 2.05. The normalized spacial score (nSPS) is 10.4. The van der Waals surface area contributed by atoms with E-state index in [4.69, 9.17) is 17.0 Å². The first-order valence-corrected chi connectivity index (χ1v) is 7.43. The summed E-state index contributed by atoms with van der Waals surface area (Å²) in [5, 5.41) is 7.74. The zero-order chi connectivity index (χ0) is 15.6. The minimum absolute atomic E-state index is 0.509. The Balaban J connectivity index is 1.72.